The van der Waals surface area contributed by atoms with E-state index >= 15 is 0 Å². The van der Waals surface area contributed by atoms with Crippen LogP contribution in [0.4, 0.5) is 5.82 Å². The molecule has 21 heavy (non-hydrogen) atoms. The molecule has 0 radical (unpaired) electrons. The normalized spacial score (nSPS) is 20.4. The average molecular weight is 377 g/mol. The summed E-state index contributed by atoms with van der Waals surface area (Å²) in [4.78, 5) is 4.05. The Kier molecular flexibility index (Phi) is 5.98. The highest BCUT2D eigenvalue weighted by molar-refractivity contribution is 9.10. The van der Waals surface area contributed by atoms with Gasteiger partial charge in [0.25, 0.3) is 0 Å². The van der Waals surface area contributed by atoms with Gasteiger partial charge in [0.2, 0.25) is 0 Å². The molecule has 1 aliphatic heterocycles. The Morgan fingerprint density at radius 2 is 2.29 bits per heavy atom. The summed E-state index contributed by atoms with van der Waals surface area (Å²) in [5, 5.41) is 3.29. The SMILES string of the molecule is CCNCC1CCCN(S(=O)(=O)Nc2ccc(Br)cn2)C1. The Bertz CT molecular complexity index is 550. The summed E-state index contributed by atoms with van der Waals surface area (Å²) in [6, 6.07) is 3.40. The largest absolute Gasteiger partial charge is 0.317 e. The number of pyridine rings is 1. The van der Waals surface area contributed by atoms with Crippen LogP contribution in [0.1, 0.15) is 19.8 Å². The Hall–Kier alpha value is -0.700. The first-order valence-electron chi connectivity index (χ1n) is 7.11. The molecular formula is C13H21BrN4O2S. The van der Waals surface area contributed by atoms with E-state index in [9.17, 15) is 8.42 Å². The van der Waals surface area contributed by atoms with E-state index in [0.29, 0.717) is 24.8 Å². The second-order valence-corrected chi connectivity index (χ2v) is 7.73. The van der Waals surface area contributed by atoms with Crippen molar-refractivity contribution in [1.29, 1.82) is 0 Å². The molecule has 1 unspecified atom stereocenters. The van der Waals surface area contributed by atoms with Gasteiger partial charge in [-0.05, 0) is 59.9 Å². The van der Waals surface area contributed by atoms with Crippen molar-refractivity contribution < 1.29 is 8.42 Å². The fourth-order valence-corrected chi connectivity index (χ4v) is 3.92. The van der Waals surface area contributed by atoms with Crippen LogP contribution in [-0.4, -0.2) is 43.9 Å². The molecule has 0 bridgehead atoms. The summed E-state index contributed by atoms with van der Waals surface area (Å²) >= 11 is 3.28. The van der Waals surface area contributed by atoms with E-state index in [1.165, 1.54) is 4.31 Å². The third-order valence-corrected chi connectivity index (χ3v) is 5.41. The molecule has 0 saturated carbocycles. The molecule has 1 aromatic heterocycles. The minimum atomic E-state index is -3.53. The summed E-state index contributed by atoms with van der Waals surface area (Å²) in [7, 11) is -3.53. The van der Waals surface area contributed by atoms with Crippen LogP contribution >= 0.6 is 15.9 Å². The maximum atomic E-state index is 12.4. The van der Waals surface area contributed by atoms with Crippen molar-refractivity contribution in [3.8, 4) is 0 Å². The highest BCUT2D eigenvalue weighted by Gasteiger charge is 2.28. The standard InChI is InChI=1S/C13H21BrN4O2S/c1-2-15-8-11-4-3-7-18(10-11)21(19,20)17-13-6-5-12(14)9-16-13/h5-6,9,11,15H,2-4,7-8,10H2,1H3,(H,16,17). The molecule has 1 aliphatic rings. The molecule has 1 saturated heterocycles. The van der Waals surface area contributed by atoms with Crippen LogP contribution in [0.25, 0.3) is 0 Å². The van der Waals surface area contributed by atoms with Crippen LogP contribution in [0.5, 0.6) is 0 Å². The minimum absolute atomic E-state index is 0.340. The molecule has 8 heteroatoms. The van der Waals surface area contributed by atoms with E-state index < -0.39 is 10.2 Å². The number of hydrogen-bond donors (Lipinski definition) is 2. The van der Waals surface area contributed by atoms with Gasteiger partial charge in [-0.3, -0.25) is 4.72 Å². The summed E-state index contributed by atoms with van der Waals surface area (Å²) < 4.78 is 29.7. The zero-order chi connectivity index (χ0) is 15.3. The number of nitrogens with one attached hydrogen (secondary N) is 2. The maximum Gasteiger partial charge on any atom is 0.302 e. The average Bonchev–Trinajstić information content (AvgIpc) is 2.48. The first-order chi connectivity index (χ1) is 10.0. The van der Waals surface area contributed by atoms with Crippen molar-refractivity contribution in [1.82, 2.24) is 14.6 Å². The van der Waals surface area contributed by atoms with E-state index in [2.05, 4.69) is 37.9 Å². The highest BCUT2D eigenvalue weighted by Crippen LogP contribution is 2.20. The number of anilines is 1. The second kappa shape index (κ2) is 7.53. The second-order valence-electron chi connectivity index (χ2n) is 5.14. The van der Waals surface area contributed by atoms with Crippen molar-refractivity contribution in [2.75, 3.05) is 30.9 Å². The highest BCUT2D eigenvalue weighted by atomic mass is 79.9. The Labute approximate surface area is 134 Å². The first kappa shape index (κ1) is 16.7. The molecule has 0 spiro atoms. The monoisotopic (exact) mass is 376 g/mol. The van der Waals surface area contributed by atoms with Crippen LogP contribution in [0.15, 0.2) is 22.8 Å². The molecular weight excluding hydrogens is 356 g/mol. The molecule has 0 aromatic carbocycles. The van der Waals surface area contributed by atoms with Gasteiger partial charge in [-0.15, -0.1) is 0 Å². The van der Waals surface area contributed by atoms with Gasteiger partial charge in [0.15, 0.2) is 0 Å². The minimum Gasteiger partial charge on any atom is -0.317 e. The molecule has 1 aromatic rings. The molecule has 1 atom stereocenters. The van der Waals surface area contributed by atoms with Crippen LogP contribution in [-0.2, 0) is 10.2 Å². The topological polar surface area (TPSA) is 74.3 Å². The van der Waals surface area contributed by atoms with Gasteiger partial charge in [-0.25, -0.2) is 4.98 Å². The summed E-state index contributed by atoms with van der Waals surface area (Å²) in [6.45, 7) is 4.94. The lowest BCUT2D eigenvalue weighted by Gasteiger charge is -2.31. The smallest absolute Gasteiger partial charge is 0.302 e. The van der Waals surface area contributed by atoms with Gasteiger partial charge < -0.3 is 5.32 Å². The molecule has 0 amide bonds. The molecule has 2 rings (SSSR count). The van der Waals surface area contributed by atoms with E-state index in [4.69, 9.17) is 0 Å². The lowest BCUT2D eigenvalue weighted by Crippen LogP contribution is -2.45. The zero-order valence-corrected chi connectivity index (χ0v) is 14.5. The van der Waals surface area contributed by atoms with Gasteiger partial charge in [-0.1, -0.05) is 6.92 Å². The fourth-order valence-electron chi connectivity index (χ4n) is 2.39. The van der Waals surface area contributed by atoms with E-state index in [0.717, 1.165) is 30.4 Å². The zero-order valence-electron chi connectivity index (χ0n) is 12.0. The van der Waals surface area contributed by atoms with Crippen LogP contribution in [0.2, 0.25) is 0 Å². The van der Waals surface area contributed by atoms with Crippen LogP contribution < -0.4 is 10.0 Å². The van der Waals surface area contributed by atoms with Gasteiger partial charge in [0.05, 0.1) is 0 Å². The van der Waals surface area contributed by atoms with Gasteiger partial charge in [0, 0.05) is 23.8 Å². The maximum absolute atomic E-state index is 12.4. The third kappa shape index (κ3) is 4.91. The molecule has 118 valence electrons. The predicted octanol–water partition coefficient (Wildman–Crippen LogP) is 1.82. The summed E-state index contributed by atoms with van der Waals surface area (Å²) in [6.07, 6.45) is 3.53. The summed E-state index contributed by atoms with van der Waals surface area (Å²) in [5.74, 6) is 0.708. The van der Waals surface area contributed by atoms with Crippen molar-refractivity contribution in [2.45, 2.75) is 19.8 Å². The van der Waals surface area contributed by atoms with E-state index in [-0.39, 0.29) is 0 Å². The Morgan fingerprint density at radius 3 is 2.95 bits per heavy atom. The van der Waals surface area contributed by atoms with Crippen molar-refractivity contribution in [3.05, 3.63) is 22.8 Å². The van der Waals surface area contributed by atoms with Gasteiger partial charge >= 0.3 is 10.2 Å². The fraction of sp³-hybridized carbons (Fsp3) is 0.615. The summed E-state index contributed by atoms with van der Waals surface area (Å²) in [5.41, 5.74) is 0. The lowest BCUT2D eigenvalue weighted by molar-refractivity contribution is 0.262. The van der Waals surface area contributed by atoms with Crippen molar-refractivity contribution >= 4 is 32.0 Å². The Balaban J connectivity index is 1.99. The quantitative estimate of drug-likeness (QED) is 0.793. The Morgan fingerprint density at radius 1 is 1.48 bits per heavy atom. The molecule has 0 aliphatic carbocycles. The van der Waals surface area contributed by atoms with Crippen molar-refractivity contribution in [2.24, 2.45) is 5.92 Å². The lowest BCUT2D eigenvalue weighted by atomic mass is 10.00. The van der Waals surface area contributed by atoms with Crippen LogP contribution in [0.3, 0.4) is 0 Å². The first-order valence-corrected chi connectivity index (χ1v) is 9.34. The molecule has 2 N–H and O–H groups in total. The van der Waals surface area contributed by atoms with Gasteiger partial charge in [0.1, 0.15) is 5.82 Å². The number of aromatic nitrogens is 1. The number of rotatable bonds is 6. The third-order valence-electron chi connectivity index (χ3n) is 3.47. The van der Waals surface area contributed by atoms with Crippen molar-refractivity contribution in [3.63, 3.8) is 0 Å². The number of hydrogen-bond acceptors (Lipinski definition) is 4. The van der Waals surface area contributed by atoms with E-state index in [1.54, 1.807) is 18.3 Å². The number of halogens is 1. The predicted molar refractivity (Wildman–Crippen MR) is 87.3 cm³/mol. The number of nitrogens with zero attached hydrogens (tertiary/aromatic N) is 2. The molecule has 6 nitrogen and oxygen atoms in total. The van der Waals surface area contributed by atoms with Gasteiger partial charge in [-0.2, -0.15) is 12.7 Å². The van der Waals surface area contributed by atoms with Crippen LogP contribution in [0, 0.1) is 5.92 Å². The number of piperidine rings is 1. The van der Waals surface area contributed by atoms with E-state index in [1.807, 2.05) is 0 Å². The molecule has 2 heterocycles. The molecule has 1 fully saturated rings.